The summed E-state index contributed by atoms with van der Waals surface area (Å²) in [5.74, 6) is -1.54. The molecule has 0 saturated carbocycles. The number of ether oxygens (including phenoxy) is 2. The maximum atomic E-state index is 11.8. The summed E-state index contributed by atoms with van der Waals surface area (Å²) >= 11 is 0. The second-order valence-corrected chi connectivity index (χ2v) is 6.67. The maximum absolute atomic E-state index is 11.8. The lowest BCUT2D eigenvalue weighted by atomic mass is 10.1. The molecule has 10 nitrogen and oxygen atoms in total. The van der Waals surface area contributed by atoms with Crippen molar-refractivity contribution in [3.63, 3.8) is 0 Å². The molecule has 33 heavy (non-hydrogen) atoms. The van der Waals surface area contributed by atoms with Crippen LogP contribution in [0.1, 0.15) is 51.1 Å². The first-order valence-electron chi connectivity index (χ1n) is 9.93. The Morgan fingerprint density at radius 3 is 1.39 bits per heavy atom. The van der Waals surface area contributed by atoms with Crippen molar-refractivity contribution in [2.24, 2.45) is 10.2 Å². The molecule has 0 aliphatic heterocycles. The van der Waals surface area contributed by atoms with E-state index in [1.807, 2.05) is 0 Å². The van der Waals surface area contributed by atoms with E-state index >= 15 is 0 Å². The van der Waals surface area contributed by atoms with Gasteiger partial charge >= 0.3 is 11.9 Å². The zero-order valence-corrected chi connectivity index (χ0v) is 18.2. The van der Waals surface area contributed by atoms with E-state index in [0.717, 1.165) is 0 Å². The minimum absolute atomic E-state index is 0.116. The number of hydrazone groups is 2. The van der Waals surface area contributed by atoms with Crippen molar-refractivity contribution in [3.8, 4) is 0 Å². The van der Waals surface area contributed by atoms with E-state index in [1.54, 1.807) is 48.5 Å². The van der Waals surface area contributed by atoms with E-state index in [9.17, 15) is 19.2 Å². The molecular weight excluding hydrogens is 428 g/mol. The van der Waals surface area contributed by atoms with Gasteiger partial charge < -0.3 is 9.47 Å². The molecule has 0 aliphatic carbocycles. The second kappa shape index (κ2) is 13.2. The fourth-order valence-corrected chi connectivity index (χ4v) is 2.53. The summed E-state index contributed by atoms with van der Waals surface area (Å²) < 4.78 is 9.24. The monoisotopic (exact) mass is 452 g/mol. The zero-order valence-electron chi connectivity index (χ0n) is 18.2. The standard InChI is InChI=1S/C23H24N4O6/c1-32-22(30)18-10-6-16(7-11-18)14-24-26-20(28)4-3-5-21(29)27-25-15-17-8-12-19(13-9-17)23(31)33-2/h6-15H,3-5H2,1-2H3,(H,26,28)(H,27,29)/b24-14+,25-15+. The maximum Gasteiger partial charge on any atom is 0.337 e. The summed E-state index contributed by atoms with van der Waals surface area (Å²) in [5.41, 5.74) is 6.98. The minimum atomic E-state index is -0.434. The summed E-state index contributed by atoms with van der Waals surface area (Å²) in [4.78, 5) is 46.4. The van der Waals surface area contributed by atoms with Gasteiger partial charge in [-0.25, -0.2) is 20.4 Å². The van der Waals surface area contributed by atoms with Crippen LogP contribution in [0, 0.1) is 0 Å². The predicted octanol–water partition coefficient (Wildman–Crippen LogP) is 2.03. The number of benzene rings is 2. The van der Waals surface area contributed by atoms with Crippen LogP contribution in [0.15, 0.2) is 58.7 Å². The number of carbonyl (C=O) groups excluding carboxylic acids is 4. The molecule has 0 fully saturated rings. The number of amides is 2. The zero-order chi connectivity index (χ0) is 24.1. The smallest absolute Gasteiger partial charge is 0.337 e. The lowest BCUT2D eigenvalue weighted by molar-refractivity contribution is -0.122. The highest BCUT2D eigenvalue weighted by Gasteiger charge is 2.06. The first-order chi connectivity index (χ1) is 15.9. The number of hydrogen-bond donors (Lipinski definition) is 2. The summed E-state index contributed by atoms with van der Waals surface area (Å²) in [6.45, 7) is 0. The highest BCUT2D eigenvalue weighted by Crippen LogP contribution is 2.05. The highest BCUT2D eigenvalue weighted by molar-refractivity contribution is 5.91. The Bertz CT molecular complexity index is 946. The Labute approximate surface area is 190 Å². The van der Waals surface area contributed by atoms with Crippen molar-refractivity contribution in [3.05, 3.63) is 70.8 Å². The molecule has 0 spiro atoms. The summed E-state index contributed by atoms with van der Waals surface area (Å²) in [5, 5.41) is 7.69. The first-order valence-corrected chi connectivity index (χ1v) is 9.93. The van der Waals surface area contributed by atoms with Gasteiger partial charge in [-0.2, -0.15) is 10.2 Å². The largest absolute Gasteiger partial charge is 0.465 e. The molecule has 0 unspecified atom stereocenters. The van der Waals surface area contributed by atoms with Crippen molar-refractivity contribution in [2.45, 2.75) is 19.3 Å². The number of methoxy groups -OCH3 is 2. The third kappa shape index (κ3) is 8.74. The lowest BCUT2D eigenvalue weighted by Crippen LogP contribution is -2.20. The van der Waals surface area contributed by atoms with Crippen LogP contribution in [0.25, 0.3) is 0 Å². The van der Waals surface area contributed by atoms with Gasteiger partial charge in [0.05, 0.1) is 37.8 Å². The molecule has 2 aromatic carbocycles. The van der Waals surface area contributed by atoms with Crippen molar-refractivity contribution in [1.82, 2.24) is 10.9 Å². The molecule has 2 aromatic rings. The first kappa shape index (κ1) is 24.9. The summed E-state index contributed by atoms with van der Waals surface area (Å²) in [6.07, 6.45) is 3.44. The van der Waals surface area contributed by atoms with Crippen LogP contribution in [-0.4, -0.2) is 50.4 Å². The van der Waals surface area contributed by atoms with Crippen LogP contribution >= 0.6 is 0 Å². The topological polar surface area (TPSA) is 136 Å². The molecule has 2 rings (SSSR count). The van der Waals surface area contributed by atoms with E-state index in [4.69, 9.17) is 0 Å². The number of nitrogens with one attached hydrogen (secondary N) is 2. The van der Waals surface area contributed by atoms with Gasteiger partial charge in [0.1, 0.15) is 0 Å². The molecule has 10 heteroatoms. The molecule has 0 aliphatic rings. The Kier molecular flexibility index (Phi) is 9.94. The minimum Gasteiger partial charge on any atom is -0.465 e. The fourth-order valence-electron chi connectivity index (χ4n) is 2.53. The van der Waals surface area contributed by atoms with Crippen LogP contribution in [0.5, 0.6) is 0 Å². The third-order valence-corrected chi connectivity index (χ3v) is 4.28. The van der Waals surface area contributed by atoms with Crippen LogP contribution in [-0.2, 0) is 19.1 Å². The van der Waals surface area contributed by atoms with Crippen LogP contribution < -0.4 is 10.9 Å². The van der Waals surface area contributed by atoms with Crippen molar-refractivity contribution in [1.29, 1.82) is 0 Å². The molecule has 0 radical (unpaired) electrons. The molecule has 0 heterocycles. The van der Waals surface area contributed by atoms with Crippen molar-refractivity contribution >= 4 is 36.2 Å². The van der Waals surface area contributed by atoms with Crippen LogP contribution in [0.3, 0.4) is 0 Å². The number of hydrogen-bond acceptors (Lipinski definition) is 8. The molecule has 2 amide bonds. The van der Waals surface area contributed by atoms with Crippen LogP contribution in [0.2, 0.25) is 0 Å². The second-order valence-electron chi connectivity index (χ2n) is 6.67. The fraction of sp³-hybridized carbons (Fsp3) is 0.217. The van der Waals surface area contributed by atoms with Gasteiger partial charge in [-0.05, 0) is 41.8 Å². The van der Waals surface area contributed by atoms with Gasteiger partial charge in [0.2, 0.25) is 11.8 Å². The van der Waals surface area contributed by atoms with Gasteiger partial charge in [0, 0.05) is 12.8 Å². The molecule has 0 bridgehead atoms. The Balaban J connectivity index is 1.65. The van der Waals surface area contributed by atoms with E-state index in [2.05, 4.69) is 30.5 Å². The van der Waals surface area contributed by atoms with E-state index in [1.165, 1.54) is 26.6 Å². The number of nitrogens with zero attached hydrogens (tertiary/aromatic N) is 2. The van der Waals surface area contributed by atoms with E-state index in [-0.39, 0.29) is 24.7 Å². The number of esters is 2. The van der Waals surface area contributed by atoms with E-state index in [0.29, 0.717) is 28.7 Å². The Morgan fingerprint density at radius 2 is 1.06 bits per heavy atom. The predicted molar refractivity (Wildman–Crippen MR) is 121 cm³/mol. The van der Waals surface area contributed by atoms with E-state index < -0.39 is 11.9 Å². The quantitative estimate of drug-likeness (QED) is 0.322. The number of rotatable bonds is 10. The number of carbonyl (C=O) groups is 4. The normalized spacial score (nSPS) is 10.7. The van der Waals surface area contributed by atoms with Crippen LogP contribution in [0.4, 0.5) is 0 Å². The molecule has 172 valence electrons. The molecule has 2 N–H and O–H groups in total. The summed E-state index contributed by atoms with van der Waals surface area (Å²) in [7, 11) is 2.61. The van der Waals surface area contributed by atoms with Crippen molar-refractivity contribution in [2.75, 3.05) is 14.2 Å². The Hall–Kier alpha value is -4.34. The Morgan fingerprint density at radius 1 is 0.697 bits per heavy atom. The average molecular weight is 452 g/mol. The van der Waals surface area contributed by atoms with Gasteiger partial charge in [-0.15, -0.1) is 0 Å². The average Bonchev–Trinajstić information content (AvgIpc) is 2.84. The molecule has 0 aromatic heterocycles. The van der Waals surface area contributed by atoms with Gasteiger partial charge in [-0.3, -0.25) is 9.59 Å². The third-order valence-electron chi connectivity index (χ3n) is 4.28. The molecule has 0 saturated heterocycles. The lowest BCUT2D eigenvalue weighted by Gasteiger charge is -2.01. The SMILES string of the molecule is COC(=O)c1ccc(/C=N/NC(=O)CCCC(=O)N/N=C/c2ccc(C(=O)OC)cc2)cc1. The molecule has 0 atom stereocenters. The molecular formula is C23H24N4O6. The highest BCUT2D eigenvalue weighted by atomic mass is 16.5. The van der Waals surface area contributed by atoms with Crippen molar-refractivity contribution < 1.29 is 28.7 Å². The summed E-state index contributed by atoms with van der Waals surface area (Å²) in [6, 6.07) is 13.0. The van der Waals surface area contributed by atoms with Gasteiger partial charge in [-0.1, -0.05) is 24.3 Å². The van der Waals surface area contributed by atoms with Gasteiger partial charge in [0.25, 0.3) is 0 Å². The van der Waals surface area contributed by atoms with Gasteiger partial charge in [0.15, 0.2) is 0 Å².